The van der Waals surface area contributed by atoms with Gasteiger partial charge in [-0.1, -0.05) is 28.1 Å². The highest BCUT2D eigenvalue weighted by atomic mass is 79.9. The summed E-state index contributed by atoms with van der Waals surface area (Å²) >= 11 is 3.35. The average molecular weight is 390 g/mol. The monoisotopic (exact) mass is 389 g/mol. The maximum Gasteiger partial charge on any atom is 0.280 e. The second-order valence-electron chi connectivity index (χ2n) is 5.43. The van der Waals surface area contributed by atoms with Gasteiger partial charge in [0, 0.05) is 24.3 Å². The Morgan fingerprint density at radius 2 is 1.79 bits per heavy atom. The van der Waals surface area contributed by atoms with E-state index in [2.05, 4.69) is 26.5 Å². The van der Waals surface area contributed by atoms with Gasteiger partial charge < -0.3 is 9.64 Å². The van der Waals surface area contributed by atoms with Gasteiger partial charge in [-0.25, -0.2) is 5.43 Å². The minimum atomic E-state index is -0.639. The fourth-order valence-corrected chi connectivity index (χ4v) is 2.16. The molecule has 126 valence electrons. The number of carbonyl (C=O) groups is 1. The fraction of sp³-hybridized carbons (Fsp3) is 0.222. The Bertz CT molecular complexity index is 697. The number of anilines is 1. The lowest BCUT2D eigenvalue weighted by atomic mass is 10.2. The minimum absolute atomic E-state index is 0.306. The third kappa shape index (κ3) is 5.38. The molecule has 0 aliphatic heterocycles. The van der Waals surface area contributed by atoms with Crippen molar-refractivity contribution in [3.63, 3.8) is 0 Å². The molecule has 0 spiro atoms. The molecule has 0 aliphatic carbocycles. The van der Waals surface area contributed by atoms with Crippen LogP contribution in [0, 0.1) is 0 Å². The Kier molecular flexibility index (Phi) is 6.37. The number of nitrogens with one attached hydrogen (secondary N) is 1. The van der Waals surface area contributed by atoms with Crippen LogP contribution in [0.5, 0.6) is 5.75 Å². The summed E-state index contributed by atoms with van der Waals surface area (Å²) in [6.07, 6.45) is 0.961. The second-order valence-corrected chi connectivity index (χ2v) is 6.35. The molecule has 0 fully saturated rings. The predicted octanol–water partition coefficient (Wildman–Crippen LogP) is 3.43. The molecule has 0 saturated carbocycles. The molecule has 2 rings (SSSR count). The maximum atomic E-state index is 12.0. The molecule has 6 heteroatoms. The summed E-state index contributed by atoms with van der Waals surface area (Å²) in [4.78, 5) is 14.0. The first-order valence-corrected chi connectivity index (χ1v) is 8.27. The largest absolute Gasteiger partial charge is 0.481 e. The second kappa shape index (κ2) is 8.49. The Morgan fingerprint density at radius 1 is 1.17 bits per heavy atom. The Hall–Kier alpha value is -2.34. The third-order valence-corrected chi connectivity index (χ3v) is 3.82. The normalized spacial score (nSPS) is 12.0. The zero-order chi connectivity index (χ0) is 17.5. The molecule has 0 aliphatic rings. The van der Waals surface area contributed by atoms with Crippen molar-refractivity contribution in [2.75, 3.05) is 19.0 Å². The number of carbonyl (C=O) groups excluding carboxylic acids is 1. The van der Waals surface area contributed by atoms with Crippen LogP contribution < -0.4 is 15.1 Å². The molecule has 0 saturated heterocycles. The lowest BCUT2D eigenvalue weighted by Gasteiger charge is -2.13. The van der Waals surface area contributed by atoms with E-state index < -0.39 is 6.10 Å². The van der Waals surface area contributed by atoms with E-state index in [1.165, 1.54) is 0 Å². The lowest BCUT2D eigenvalue weighted by Crippen LogP contribution is -2.33. The number of amides is 1. The molecule has 1 atom stereocenters. The van der Waals surface area contributed by atoms with E-state index in [0.29, 0.717) is 5.75 Å². The van der Waals surface area contributed by atoms with Crippen LogP contribution >= 0.6 is 15.9 Å². The molecule has 5 nitrogen and oxygen atoms in total. The van der Waals surface area contributed by atoms with Crippen molar-refractivity contribution in [3.05, 3.63) is 58.6 Å². The molecule has 0 aromatic heterocycles. The van der Waals surface area contributed by atoms with Gasteiger partial charge in [0.1, 0.15) is 5.75 Å². The zero-order valence-electron chi connectivity index (χ0n) is 13.9. The van der Waals surface area contributed by atoms with E-state index in [9.17, 15) is 4.79 Å². The van der Waals surface area contributed by atoms with Gasteiger partial charge in [0.2, 0.25) is 0 Å². The van der Waals surface area contributed by atoms with E-state index in [4.69, 9.17) is 4.74 Å². The van der Waals surface area contributed by atoms with Crippen molar-refractivity contribution in [2.45, 2.75) is 13.0 Å². The highest BCUT2D eigenvalue weighted by molar-refractivity contribution is 9.10. The summed E-state index contributed by atoms with van der Waals surface area (Å²) in [6, 6.07) is 15.2. The van der Waals surface area contributed by atoms with Crippen LogP contribution in [0.1, 0.15) is 12.5 Å². The lowest BCUT2D eigenvalue weighted by molar-refractivity contribution is -0.127. The maximum absolute atomic E-state index is 12.0. The predicted molar refractivity (Wildman–Crippen MR) is 101 cm³/mol. The molecule has 2 aromatic rings. The molecular weight excluding hydrogens is 370 g/mol. The van der Waals surface area contributed by atoms with E-state index in [-0.39, 0.29) is 5.91 Å². The fourth-order valence-electron chi connectivity index (χ4n) is 1.89. The summed E-state index contributed by atoms with van der Waals surface area (Å²) < 4.78 is 6.52. The molecule has 24 heavy (non-hydrogen) atoms. The van der Waals surface area contributed by atoms with Gasteiger partial charge in [-0.3, -0.25) is 4.79 Å². The summed E-state index contributed by atoms with van der Waals surface area (Å²) in [5.74, 6) is 0.322. The van der Waals surface area contributed by atoms with Crippen LogP contribution in [0.2, 0.25) is 0 Å². The Labute approximate surface area is 150 Å². The zero-order valence-corrected chi connectivity index (χ0v) is 15.4. The van der Waals surface area contributed by atoms with Crippen molar-refractivity contribution in [1.29, 1.82) is 0 Å². The first-order chi connectivity index (χ1) is 11.5. The summed E-state index contributed by atoms with van der Waals surface area (Å²) in [5.41, 5.74) is 4.50. The molecule has 1 amide bonds. The number of benzene rings is 2. The summed E-state index contributed by atoms with van der Waals surface area (Å²) in [7, 11) is 3.96. The molecular formula is C18H20BrN3O2. The quantitative estimate of drug-likeness (QED) is 0.608. The summed E-state index contributed by atoms with van der Waals surface area (Å²) in [5, 5.41) is 3.97. The van der Waals surface area contributed by atoms with Crippen molar-refractivity contribution < 1.29 is 9.53 Å². The number of ether oxygens (including phenoxy) is 1. The summed E-state index contributed by atoms with van der Waals surface area (Å²) in [6.45, 7) is 1.68. The number of hydrogen-bond donors (Lipinski definition) is 1. The van der Waals surface area contributed by atoms with Gasteiger partial charge in [-0.2, -0.15) is 5.10 Å². The van der Waals surface area contributed by atoms with Crippen LogP contribution in [0.25, 0.3) is 0 Å². The highest BCUT2D eigenvalue weighted by Crippen LogP contribution is 2.17. The third-order valence-electron chi connectivity index (χ3n) is 3.29. The van der Waals surface area contributed by atoms with Gasteiger partial charge in [-0.05, 0) is 48.9 Å². The first kappa shape index (κ1) is 18.0. The molecule has 0 unspecified atom stereocenters. The van der Waals surface area contributed by atoms with Gasteiger partial charge in [-0.15, -0.1) is 0 Å². The molecule has 2 aromatic carbocycles. The van der Waals surface area contributed by atoms with Gasteiger partial charge in [0.15, 0.2) is 6.10 Å². The van der Waals surface area contributed by atoms with E-state index in [0.717, 1.165) is 15.7 Å². The smallest absolute Gasteiger partial charge is 0.280 e. The minimum Gasteiger partial charge on any atom is -0.481 e. The van der Waals surface area contributed by atoms with E-state index in [1.807, 2.05) is 55.4 Å². The van der Waals surface area contributed by atoms with Gasteiger partial charge in [0.05, 0.1) is 6.21 Å². The number of halogens is 1. The van der Waals surface area contributed by atoms with Crippen LogP contribution in [0.3, 0.4) is 0 Å². The van der Waals surface area contributed by atoms with Crippen molar-refractivity contribution in [1.82, 2.24) is 5.43 Å². The first-order valence-electron chi connectivity index (χ1n) is 7.48. The average Bonchev–Trinajstić information content (AvgIpc) is 2.57. The van der Waals surface area contributed by atoms with Crippen molar-refractivity contribution in [3.8, 4) is 5.75 Å². The topological polar surface area (TPSA) is 53.9 Å². The van der Waals surface area contributed by atoms with E-state index in [1.54, 1.807) is 25.3 Å². The van der Waals surface area contributed by atoms with Crippen molar-refractivity contribution in [2.24, 2.45) is 5.10 Å². The highest BCUT2D eigenvalue weighted by Gasteiger charge is 2.13. The Morgan fingerprint density at radius 3 is 2.38 bits per heavy atom. The Balaban J connectivity index is 1.86. The number of nitrogens with zero attached hydrogens (tertiary/aromatic N) is 2. The number of hydrogen-bond acceptors (Lipinski definition) is 4. The van der Waals surface area contributed by atoms with Crippen LogP contribution in [-0.2, 0) is 4.79 Å². The standard InChI is InChI=1S/C18H20BrN3O2/c1-13(24-17-10-6-15(19)7-11-17)18(23)21-20-12-14-4-8-16(9-5-14)22(2)3/h4-13H,1-3H3,(H,21,23)/b20-12-/t13-/m1/s1. The number of rotatable bonds is 6. The molecule has 0 radical (unpaired) electrons. The van der Waals surface area contributed by atoms with Crippen LogP contribution in [-0.4, -0.2) is 32.3 Å². The SMILES string of the molecule is C[C@@H](Oc1ccc(Br)cc1)C(=O)N/N=C\c1ccc(N(C)C)cc1. The molecule has 0 bridgehead atoms. The van der Waals surface area contributed by atoms with Crippen molar-refractivity contribution >= 4 is 33.7 Å². The van der Waals surface area contributed by atoms with E-state index >= 15 is 0 Å². The van der Waals surface area contributed by atoms with Crippen LogP contribution in [0.4, 0.5) is 5.69 Å². The molecule has 0 heterocycles. The molecule has 1 N–H and O–H groups in total. The van der Waals surface area contributed by atoms with Gasteiger partial charge in [0.25, 0.3) is 5.91 Å². The van der Waals surface area contributed by atoms with Gasteiger partial charge >= 0.3 is 0 Å². The number of hydrazone groups is 1. The van der Waals surface area contributed by atoms with Crippen LogP contribution in [0.15, 0.2) is 58.1 Å².